The van der Waals surface area contributed by atoms with Crippen LogP contribution in [0.4, 0.5) is 11.6 Å². The Morgan fingerprint density at radius 2 is 1.82 bits per heavy atom. The molecule has 2 N–H and O–H groups in total. The molecule has 0 saturated heterocycles. The van der Waals surface area contributed by atoms with Gasteiger partial charge < -0.3 is 10.6 Å². The summed E-state index contributed by atoms with van der Waals surface area (Å²) >= 11 is 5.99. The van der Waals surface area contributed by atoms with Crippen LogP contribution >= 0.6 is 11.6 Å². The van der Waals surface area contributed by atoms with E-state index in [9.17, 15) is 4.79 Å². The van der Waals surface area contributed by atoms with E-state index >= 15 is 0 Å². The fraction of sp³-hybridized carbons (Fsp3) is 0.227. The largest absolute Gasteiger partial charge is 0.350 e. The summed E-state index contributed by atoms with van der Waals surface area (Å²) < 4.78 is 0. The Morgan fingerprint density at radius 3 is 2.57 bits per heavy atom. The molecule has 0 aliphatic carbocycles. The van der Waals surface area contributed by atoms with E-state index in [1.807, 2.05) is 49.4 Å². The van der Waals surface area contributed by atoms with Gasteiger partial charge in [0.2, 0.25) is 5.95 Å². The minimum absolute atomic E-state index is 0.226. The highest BCUT2D eigenvalue weighted by molar-refractivity contribution is 6.30. The van der Waals surface area contributed by atoms with E-state index in [2.05, 4.69) is 34.4 Å². The first-order valence-electron chi connectivity index (χ1n) is 9.13. The second-order valence-corrected chi connectivity index (χ2v) is 7.21. The van der Waals surface area contributed by atoms with E-state index in [4.69, 9.17) is 11.6 Å². The summed E-state index contributed by atoms with van der Waals surface area (Å²) in [5, 5.41) is 6.77. The summed E-state index contributed by atoms with van der Waals surface area (Å²) in [5.41, 5.74) is 5.42. The third-order valence-electron chi connectivity index (χ3n) is 4.44. The number of aryl methyl sites for hydroxylation is 3. The van der Waals surface area contributed by atoms with Gasteiger partial charge in [0.1, 0.15) is 5.69 Å². The van der Waals surface area contributed by atoms with Gasteiger partial charge in [-0.1, -0.05) is 29.8 Å². The van der Waals surface area contributed by atoms with Crippen molar-refractivity contribution in [3.05, 3.63) is 81.6 Å². The Morgan fingerprint density at radius 1 is 1.00 bits per heavy atom. The van der Waals surface area contributed by atoms with Crippen molar-refractivity contribution in [3.63, 3.8) is 0 Å². The second-order valence-electron chi connectivity index (χ2n) is 6.78. The van der Waals surface area contributed by atoms with Gasteiger partial charge in [0.25, 0.3) is 5.91 Å². The molecule has 0 aliphatic rings. The Kier molecular flexibility index (Phi) is 6.26. The fourth-order valence-corrected chi connectivity index (χ4v) is 3.01. The number of hydrogen-bond donors (Lipinski definition) is 2. The molecule has 6 heteroatoms. The number of anilines is 2. The molecular weight excluding hydrogens is 372 g/mol. The summed E-state index contributed by atoms with van der Waals surface area (Å²) in [6, 6.07) is 15.3. The minimum atomic E-state index is -0.226. The molecule has 5 nitrogen and oxygen atoms in total. The third kappa shape index (κ3) is 5.30. The van der Waals surface area contributed by atoms with Crippen LogP contribution in [0.2, 0.25) is 5.02 Å². The Hall–Kier alpha value is -2.92. The topological polar surface area (TPSA) is 66.9 Å². The normalized spacial score (nSPS) is 10.6. The Balaban J connectivity index is 1.66. The zero-order valence-corrected chi connectivity index (χ0v) is 17.0. The van der Waals surface area contributed by atoms with E-state index in [1.165, 1.54) is 11.1 Å². The summed E-state index contributed by atoms with van der Waals surface area (Å²) in [6.07, 6.45) is 0.699. The third-order valence-corrected chi connectivity index (χ3v) is 4.67. The molecule has 0 atom stereocenters. The second kappa shape index (κ2) is 8.85. The molecule has 0 bridgehead atoms. The molecule has 0 aliphatic heterocycles. The van der Waals surface area contributed by atoms with Crippen molar-refractivity contribution in [1.82, 2.24) is 15.3 Å². The molecule has 0 spiro atoms. The number of amides is 1. The van der Waals surface area contributed by atoms with Gasteiger partial charge in [0.15, 0.2) is 0 Å². The lowest BCUT2D eigenvalue weighted by molar-refractivity contribution is 0.0949. The predicted molar refractivity (Wildman–Crippen MR) is 113 cm³/mol. The van der Waals surface area contributed by atoms with Gasteiger partial charge in [0, 0.05) is 22.9 Å². The fourth-order valence-electron chi connectivity index (χ4n) is 2.79. The van der Waals surface area contributed by atoms with E-state index in [0.717, 1.165) is 16.9 Å². The first-order valence-corrected chi connectivity index (χ1v) is 9.51. The number of hydrogen-bond acceptors (Lipinski definition) is 4. The molecule has 1 amide bonds. The van der Waals surface area contributed by atoms with Crippen molar-refractivity contribution < 1.29 is 4.79 Å². The van der Waals surface area contributed by atoms with Gasteiger partial charge in [-0.2, -0.15) is 0 Å². The monoisotopic (exact) mass is 394 g/mol. The van der Waals surface area contributed by atoms with E-state index in [1.54, 1.807) is 6.07 Å². The van der Waals surface area contributed by atoms with Crippen LogP contribution in [-0.4, -0.2) is 22.4 Å². The van der Waals surface area contributed by atoms with Crippen LogP contribution in [0, 0.1) is 20.8 Å². The maximum Gasteiger partial charge on any atom is 0.270 e. The van der Waals surface area contributed by atoms with Crippen LogP contribution in [0.5, 0.6) is 0 Å². The highest BCUT2D eigenvalue weighted by atomic mass is 35.5. The quantitative estimate of drug-likeness (QED) is 0.631. The number of nitrogens with one attached hydrogen (secondary N) is 2. The molecule has 0 saturated carbocycles. The number of carbonyl (C=O) groups excluding carboxylic acids is 1. The van der Waals surface area contributed by atoms with Crippen LogP contribution in [0.15, 0.2) is 48.5 Å². The number of halogens is 1. The molecule has 1 heterocycles. The molecule has 1 aromatic heterocycles. The van der Waals surface area contributed by atoms with Gasteiger partial charge in [-0.15, -0.1) is 0 Å². The molecule has 2 aromatic carbocycles. The first kappa shape index (κ1) is 19.8. The standard InChI is InChI=1S/C22H23ClN4O/c1-14-7-8-19(11-15(14)2)26-22-25-16(3)12-20(27-22)21(28)24-10-9-17-5-4-6-18(23)13-17/h4-8,11-13H,9-10H2,1-3H3,(H,24,28)(H,25,26,27). The predicted octanol–water partition coefficient (Wildman–Crippen LogP) is 4.77. The molecule has 3 rings (SSSR count). The molecular formula is C22H23ClN4O. The van der Waals surface area contributed by atoms with Crippen molar-refractivity contribution in [2.24, 2.45) is 0 Å². The zero-order chi connectivity index (χ0) is 20.1. The average molecular weight is 395 g/mol. The van der Waals surface area contributed by atoms with Crippen molar-refractivity contribution in [3.8, 4) is 0 Å². The molecule has 0 radical (unpaired) electrons. The average Bonchev–Trinajstić information content (AvgIpc) is 2.64. The van der Waals surface area contributed by atoms with E-state index in [-0.39, 0.29) is 5.91 Å². The van der Waals surface area contributed by atoms with Crippen LogP contribution in [0.1, 0.15) is 32.9 Å². The highest BCUT2D eigenvalue weighted by Crippen LogP contribution is 2.18. The minimum Gasteiger partial charge on any atom is -0.350 e. The summed E-state index contributed by atoms with van der Waals surface area (Å²) in [5.74, 6) is 0.180. The van der Waals surface area contributed by atoms with Gasteiger partial charge in [-0.05, 0) is 74.2 Å². The summed E-state index contributed by atoms with van der Waals surface area (Å²) in [6.45, 7) is 6.46. The van der Waals surface area contributed by atoms with Crippen LogP contribution in [0.25, 0.3) is 0 Å². The lowest BCUT2D eigenvalue weighted by atomic mass is 10.1. The molecule has 144 valence electrons. The maximum absolute atomic E-state index is 12.5. The van der Waals surface area contributed by atoms with Gasteiger partial charge in [0.05, 0.1) is 0 Å². The SMILES string of the molecule is Cc1cc(C(=O)NCCc2cccc(Cl)c2)nc(Nc2ccc(C)c(C)c2)n1. The summed E-state index contributed by atoms with van der Waals surface area (Å²) in [4.78, 5) is 21.3. The van der Waals surface area contributed by atoms with Gasteiger partial charge >= 0.3 is 0 Å². The summed E-state index contributed by atoms with van der Waals surface area (Å²) in [7, 11) is 0. The Labute approximate surface area is 170 Å². The Bertz CT molecular complexity index is 1000. The van der Waals surface area contributed by atoms with Crippen molar-refractivity contribution >= 4 is 29.1 Å². The van der Waals surface area contributed by atoms with Gasteiger partial charge in [-0.25, -0.2) is 9.97 Å². The molecule has 0 unspecified atom stereocenters. The van der Waals surface area contributed by atoms with Crippen molar-refractivity contribution in [2.45, 2.75) is 27.2 Å². The molecule has 3 aromatic rings. The zero-order valence-electron chi connectivity index (χ0n) is 16.2. The number of benzene rings is 2. The van der Waals surface area contributed by atoms with Crippen LogP contribution in [0.3, 0.4) is 0 Å². The smallest absolute Gasteiger partial charge is 0.270 e. The van der Waals surface area contributed by atoms with Crippen LogP contribution < -0.4 is 10.6 Å². The van der Waals surface area contributed by atoms with E-state index in [0.29, 0.717) is 29.6 Å². The van der Waals surface area contributed by atoms with Gasteiger partial charge in [-0.3, -0.25) is 4.79 Å². The lowest BCUT2D eigenvalue weighted by Gasteiger charge is -2.10. The lowest BCUT2D eigenvalue weighted by Crippen LogP contribution is -2.27. The number of aromatic nitrogens is 2. The van der Waals surface area contributed by atoms with E-state index < -0.39 is 0 Å². The number of carbonyl (C=O) groups is 1. The molecule has 28 heavy (non-hydrogen) atoms. The first-order chi connectivity index (χ1) is 13.4. The van der Waals surface area contributed by atoms with Crippen molar-refractivity contribution in [1.29, 1.82) is 0 Å². The molecule has 0 fully saturated rings. The highest BCUT2D eigenvalue weighted by Gasteiger charge is 2.11. The van der Waals surface area contributed by atoms with Crippen LogP contribution in [-0.2, 0) is 6.42 Å². The number of nitrogens with zero attached hydrogens (tertiary/aromatic N) is 2. The van der Waals surface area contributed by atoms with Crippen molar-refractivity contribution in [2.75, 3.05) is 11.9 Å². The maximum atomic E-state index is 12.5. The number of rotatable bonds is 6.